The number of nitrogens with zero attached hydrogens (tertiary/aromatic N) is 1. The molecular formula is C7H11BrN2. The van der Waals surface area contributed by atoms with Gasteiger partial charge in [-0.25, -0.2) is 4.98 Å². The zero-order valence-corrected chi connectivity index (χ0v) is 7.77. The molecule has 3 heteroatoms. The summed E-state index contributed by atoms with van der Waals surface area (Å²) in [5.74, 6) is 1.03. The molecule has 0 spiro atoms. The second-order valence-corrected chi connectivity index (χ2v) is 3.52. The molecular weight excluding hydrogens is 192 g/mol. The van der Waals surface area contributed by atoms with Gasteiger partial charge in [0, 0.05) is 23.1 Å². The first-order chi connectivity index (χ1) is 4.67. The summed E-state index contributed by atoms with van der Waals surface area (Å²) >= 11 is 3.43. The van der Waals surface area contributed by atoms with E-state index in [0.29, 0.717) is 0 Å². The minimum atomic E-state index is 0.115. The fourth-order valence-electron chi connectivity index (χ4n) is 0.699. The second kappa shape index (κ2) is 2.74. The van der Waals surface area contributed by atoms with E-state index in [1.807, 2.05) is 6.20 Å². The van der Waals surface area contributed by atoms with Gasteiger partial charge in [0.15, 0.2) is 0 Å². The van der Waals surface area contributed by atoms with Crippen molar-refractivity contribution < 1.29 is 0 Å². The standard InChI is InChI=1S/C7H11BrN2/c1-7(2,5-8)6-9-3-4-10-6/h3-4H,5H2,1-2H3,(H,9,10). The Bertz CT molecular complexity index is 191. The molecule has 1 heterocycles. The van der Waals surface area contributed by atoms with Gasteiger partial charge in [-0.05, 0) is 0 Å². The molecule has 1 N–H and O–H groups in total. The Hall–Kier alpha value is -0.310. The molecule has 0 saturated heterocycles. The van der Waals surface area contributed by atoms with E-state index in [2.05, 4.69) is 39.7 Å². The van der Waals surface area contributed by atoms with Crippen LogP contribution in [-0.2, 0) is 5.41 Å². The topological polar surface area (TPSA) is 28.7 Å². The Balaban J connectivity index is 2.85. The number of aromatic nitrogens is 2. The third-order valence-corrected chi connectivity index (χ3v) is 2.88. The maximum absolute atomic E-state index is 4.17. The Morgan fingerprint density at radius 3 is 2.80 bits per heavy atom. The first kappa shape index (κ1) is 7.79. The van der Waals surface area contributed by atoms with Crippen LogP contribution < -0.4 is 0 Å². The van der Waals surface area contributed by atoms with Crippen LogP contribution in [0.4, 0.5) is 0 Å². The van der Waals surface area contributed by atoms with E-state index in [1.54, 1.807) is 6.20 Å². The summed E-state index contributed by atoms with van der Waals surface area (Å²) < 4.78 is 0. The SMILES string of the molecule is CC(C)(CBr)c1ncc[nH]1. The van der Waals surface area contributed by atoms with Crippen LogP contribution in [0.2, 0.25) is 0 Å². The summed E-state index contributed by atoms with van der Waals surface area (Å²) in [6.45, 7) is 4.28. The van der Waals surface area contributed by atoms with Crippen LogP contribution in [0.1, 0.15) is 19.7 Å². The maximum Gasteiger partial charge on any atom is 0.112 e. The highest BCUT2D eigenvalue weighted by Crippen LogP contribution is 2.20. The molecule has 1 aromatic heterocycles. The minimum Gasteiger partial charge on any atom is -0.348 e. The van der Waals surface area contributed by atoms with Crippen LogP contribution in [-0.4, -0.2) is 15.3 Å². The highest BCUT2D eigenvalue weighted by Gasteiger charge is 2.20. The summed E-state index contributed by atoms with van der Waals surface area (Å²) in [5.41, 5.74) is 0.115. The highest BCUT2D eigenvalue weighted by atomic mass is 79.9. The van der Waals surface area contributed by atoms with Gasteiger partial charge in [0.2, 0.25) is 0 Å². The molecule has 0 amide bonds. The van der Waals surface area contributed by atoms with E-state index in [-0.39, 0.29) is 5.41 Å². The molecule has 0 aliphatic heterocycles. The molecule has 1 aromatic rings. The maximum atomic E-state index is 4.17. The fourth-order valence-corrected chi connectivity index (χ4v) is 0.964. The molecule has 0 aliphatic rings. The summed E-state index contributed by atoms with van der Waals surface area (Å²) in [6.07, 6.45) is 3.62. The molecule has 0 fully saturated rings. The van der Waals surface area contributed by atoms with Crippen molar-refractivity contribution in [2.45, 2.75) is 19.3 Å². The van der Waals surface area contributed by atoms with Crippen LogP contribution in [0, 0.1) is 0 Å². The van der Waals surface area contributed by atoms with Gasteiger partial charge < -0.3 is 4.98 Å². The van der Waals surface area contributed by atoms with E-state index in [4.69, 9.17) is 0 Å². The number of rotatable bonds is 2. The van der Waals surface area contributed by atoms with Crippen molar-refractivity contribution in [1.29, 1.82) is 0 Å². The lowest BCUT2D eigenvalue weighted by molar-refractivity contribution is 0.567. The van der Waals surface area contributed by atoms with E-state index in [0.717, 1.165) is 11.2 Å². The predicted octanol–water partition coefficient (Wildman–Crippen LogP) is 2.08. The van der Waals surface area contributed by atoms with Gasteiger partial charge in [-0.2, -0.15) is 0 Å². The van der Waals surface area contributed by atoms with Crippen molar-refractivity contribution in [3.05, 3.63) is 18.2 Å². The summed E-state index contributed by atoms with van der Waals surface area (Å²) in [4.78, 5) is 7.26. The second-order valence-electron chi connectivity index (χ2n) is 2.96. The Labute approximate surface area is 69.2 Å². The van der Waals surface area contributed by atoms with Crippen molar-refractivity contribution in [2.24, 2.45) is 0 Å². The Morgan fingerprint density at radius 2 is 2.40 bits per heavy atom. The zero-order chi connectivity index (χ0) is 7.61. The third-order valence-electron chi connectivity index (χ3n) is 1.47. The number of hydrogen-bond acceptors (Lipinski definition) is 1. The van der Waals surface area contributed by atoms with Gasteiger partial charge >= 0.3 is 0 Å². The van der Waals surface area contributed by atoms with Crippen molar-refractivity contribution in [3.63, 3.8) is 0 Å². The van der Waals surface area contributed by atoms with E-state index in [9.17, 15) is 0 Å². The quantitative estimate of drug-likeness (QED) is 0.732. The highest BCUT2D eigenvalue weighted by molar-refractivity contribution is 9.09. The lowest BCUT2D eigenvalue weighted by Gasteiger charge is -2.17. The number of nitrogens with one attached hydrogen (secondary N) is 1. The van der Waals surface area contributed by atoms with Crippen LogP contribution in [0.3, 0.4) is 0 Å². The van der Waals surface area contributed by atoms with Gasteiger partial charge in [-0.15, -0.1) is 0 Å². The van der Waals surface area contributed by atoms with E-state index < -0.39 is 0 Å². The molecule has 0 aliphatic carbocycles. The first-order valence-electron chi connectivity index (χ1n) is 3.22. The van der Waals surface area contributed by atoms with Crippen molar-refractivity contribution >= 4 is 15.9 Å². The third kappa shape index (κ3) is 1.40. The van der Waals surface area contributed by atoms with Gasteiger partial charge in [0.1, 0.15) is 5.82 Å². The van der Waals surface area contributed by atoms with Gasteiger partial charge in [-0.3, -0.25) is 0 Å². The molecule has 1 rings (SSSR count). The summed E-state index contributed by atoms with van der Waals surface area (Å²) in [5, 5.41) is 0.924. The lowest BCUT2D eigenvalue weighted by Crippen LogP contribution is -2.20. The van der Waals surface area contributed by atoms with Gasteiger partial charge in [0.05, 0.1) is 0 Å². The molecule has 0 saturated carbocycles. The molecule has 0 atom stereocenters. The first-order valence-corrected chi connectivity index (χ1v) is 4.35. The Kier molecular flexibility index (Phi) is 2.14. The average Bonchev–Trinajstić information content (AvgIpc) is 2.38. The largest absolute Gasteiger partial charge is 0.348 e. The van der Waals surface area contributed by atoms with Crippen LogP contribution >= 0.6 is 15.9 Å². The fraction of sp³-hybridized carbons (Fsp3) is 0.571. The molecule has 56 valence electrons. The minimum absolute atomic E-state index is 0.115. The number of imidazole rings is 1. The van der Waals surface area contributed by atoms with Crippen LogP contribution in [0.15, 0.2) is 12.4 Å². The van der Waals surface area contributed by atoms with Gasteiger partial charge in [0.25, 0.3) is 0 Å². The van der Waals surface area contributed by atoms with E-state index >= 15 is 0 Å². The van der Waals surface area contributed by atoms with Crippen molar-refractivity contribution in [1.82, 2.24) is 9.97 Å². The number of H-pyrrole nitrogens is 1. The lowest BCUT2D eigenvalue weighted by atomic mass is 9.96. The van der Waals surface area contributed by atoms with Crippen LogP contribution in [0.25, 0.3) is 0 Å². The zero-order valence-electron chi connectivity index (χ0n) is 6.19. The monoisotopic (exact) mass is 202 g/mol. The average molecular weight is 203 g/mol. The molecule has 0 aromatic carbocycles. The number of alkyl halides is 1. The van der Waals surface area contributed by atoms with E-state index in [1.165, 1.54) is 0 Å². The van der Waals surface area contributed by atoms with Gasteiger partial charge in [-0.1, -0.05) is 29.8 Å². The Morgan fingerprint density at radius 1 is 1.70 bits per heavy atom. The molecule has 10 heavy (non-hydrogen) atoms. The molecule has 0 radical (unpaired) electrons. The summed E-state index contributed by atoms with van der Waals surface area (Å²) in [7, 11) is 0. The van der Waals surface area contributed by atoms with Crippen molar-refractivity contribution in [3.8, 4) is 0 Å². The summed E-state index contributed by atoms with van der Waals surface area (Å²) in [6, 6.07) is 0. The smallest absolute Gasteiger partial charge is 0.112 e. The number of aromatic amines is 1. The molecule has 2 nitrogen and oxygen atoms in total. The van der Waals surface area contributed by atoms with Crippen molar-refractivity contribution in [2.75, 3.05) is 5.33 Å². The predicted molar refractivity (Wildman–Crippen MR) is 45.4 cm³/mol. The normalized spacial score (nSPS) is 11.9. The number of hydrogen-bond donors (Lipinski definition) is 1. The number of halogens is 1. The molecule has 0 unspecified atom stereocenters. The molecule has 0 bridgehead atoms. The van der Waals surface area contributed by atoms with Crippen LogP contribution in [0.5, 0.6) is 0 Å².